The van der Waals surface area contributed by atoms with Gasteiger partial charge in [-0.05, 0) is 33.6 Å². The molecule has 0 saturated carbocycles. The lowest BCUT2D eigenvalue weighted by Gasteiger charge is -2.25. The minimum atomic E-state index is -0.227. The molecule has 0 radical (unpaired) electrons. The highest BCUT2D eigenvalue weighted by molar-refractivity contribution is 5.44. The van der Waals surface area contributed by atoms with E-state index in [0.717, 1.165) is 30.7 Å². The first-order valence-corrected chi connectivity index (χ1v) is 6.21. The molecule has 0 fully saturated rings. The highest BCUT2D eigenvalue weighted by atomic mass is 16.5. The molecule has 0 bridgehead atoms. The third kappa shape index (κ3) is 3.58. The second-order valence-corrected chi connectivity index (χ2v) is 4.92. The zero-order valence-corrected chi connectivity index (χ0v) is 11.5. The van der Waals surface area contributed by atoms with E-state index < -0.39 is 0 Å². The van der Waals surface area contributed by atoms with Gasteiger partial charge in [-0.1, -0.05) is 13.8 Å². The maximum Gasteiger partial charge on any atom is 0.222 e. The Morgan fingerprint density at radius 1 is 1.24 bits per heavy atom. The van der Waals surface area contributed by atoms with Crippen molar-refractivity contribution in [2.24, 2.45) is 0 Å². The van der Waals surface area contributed by atoms with Crippen LogP contribution in [0.1, 0.15) is 51.9 Å². The van der Waals surface area contributed by atoms with E-state index in [4.69, 9.17) is 10.5 Å². The monoisotopic (exact) mass is 237 g/mol. The SMILES string of the molecule is CCCc1nc(N)c(C)c(OC(C)(C)CC)n1. The Morgan fingerprint density at radius 2 is 1.88 bits per heavy atom. The van der Waals surface area contributed by atoms with Crippen LogP contribution in [0.5, 0.6) is 5.88 Å². The summed E-state index contributed by atoms with van der Waals surface area (Å²) >= 11 is 0. The standard InChI is InChI=1S/C13H23N3O/c1-6-8-10-15-11(14)9(3)12(16-10)17-13(4,5)7-2/h6-8H2,1-5H3,(H2,14,15,16). The smallest absolute Gasteiger partial charge is 0.222 e. The molecule has 96 valence electrons. The van der Waals surface area contributed by atoms with Crippen LogP contribution in [0.2, 0.25) is 0 Å². The number of nitrogens with zero attached hydrogens (tertiary/aromatic N) is 2. The summed E-state index contributed by atoms with van der Waals surface area (Å²) in [6.07, 6.45) is 2.74. The highest BCUT2D eigenvalue weighted by Crippen LogP contribution is 2.25. The van der Waals surface area contributed by atoms with Crippen LogP contribution in [-0.4, -0.2) is 15.6 Å². The summed E-state index contributed by atoms with van der Waals surface area (Å²) in [5.41, 5.74) is 6.48. The van der Waals surface area contributed by atoms with Crippen LogP contribution < -0.4 is 10.5 Å². The van der Waals surface area contributed by atoms with E-state index in [2.05, 4.69) is 23.8 Å². The normalized spacial score (nSPS) is 11.6. The maximum atomic E-state index is 5.92. The van der Waals surface area contributed by atoms with E-state index >= 15 is 0 Å². The Morgan fingerprint density at radius 3 is 2.41 bits per heavy atom. The second-order valence-electron chi connectivity index (χ2n) is 4.92. The summed E-state index contributed by atoms with van der Waals surface area (Å²) in [7, 11) is 0. The number of aryl methyl sites for hydroxylation is 1. The first-order chi connectivity index (χ1) is 7.89. The van der Waals surface area contributed by atoms with E-state index in [0.29, 0.717) is 11.7 Å². The highest BCUT2D eigenvalue weighted by Gasteiger charge is 2.20. The van der Waals surface area contributed by atoms with Crippen molar-refractivity contribution < 1.29 is 4.74 Å². The molecule has 1 heterocycles. The maximum absolute atomic E-state index is 5.92. The fourth-order valence-corrected chi connectivity index (χ4v) is 1.33. The summed E-state index contributed by atoms with van der Waals surface area (Å²) in [4.78, 5) is 8.71. The van der Waals surface area contributed by atoms with Crippen molar-refractivity contribution in [3.63, 3.8) is 0 Å². The molecule has 1 rings (SSSR count). The molecule has 4 heteroatoms. The van der Waals surface area contributed by atoms with Gasteiger partial charge in [0.1, 0.15) is 17.2 Å². The second kappa shape index (κ2) is 5.34. The Labute approximate surface area is 104 Å². The van der Waals surface area contributed by atoms with Crippen molar-refractivity contribution in [1.82, 2.24) is 9.97 Å². The average Bonchev–Trinajstić information content (AvgIpc) is 2.25. The van der Waals surface area contributed by atoms with E-state index in [9.17, 15) is 0 Å². The molecule has 0 saturated heterocycles. The predicted molar refractivity (Wildman–Crippen MR) is 70.2 cm³/mol. The van der Waals surface area contributed by atoms with E-state index in [1.807, 2.05) is 20.8 Å². The Kier molecular flexibility index (Phi) is 4.32. The largest absolute Gasteiger partial charge is 0.471 e. The quantitative estimate of drug-likeness (QED) is 0.855. The Bertz CT molecular complexity index is 388. The van der Waals surface area contributed by atoms with Crippen molar-refractivity contribution in [2.45, 2.75) is 59.5 Å². The zero-order chi connectivity index (χ0) is 13.1. The number of nitrogen functional groups attached to an aromatic ring is 1. The van der Waals surface area contributed by atoms with Crippen LogP contribution in [0.15, 0.2) is 0 Å². The van der Waals surface area contributed by atoms with E-state index in [1.54, 1.807) is 0 Å². The fraction of sp³-hybridized carbons (Fsp3) is 0.692. The minimum absolute atomic E-state index is 0.227. The summed E-state index contributed by atoms with van der Waals surface area (Å²) in [5.74, 6) is 1.90. The lowest BCUT2D eigenvalue weighted by atomic mass is 10.1. The van der Waals surface area contributed by atoms with Crippen LogP contribution in [0.25, 0.3) is 0 Å². The molecule has 0 aliphatic rings. The Balaban J connectivity index is 3.05. The van der Waals surface area contributed by atoms with Crippen molar-refractivity contribution in [1.29, 1.82) is 0 Å². The van der Waals surface area contributed by atoms with Crippen LogP contribution in [0.3, 0.4) is 0 Å². The molecular weight excluding hydrogens is 214 g/mol. The van der Waals surface area contributed by atoms with Gasteiger partial charge in [-0.3, -0.25) is 0 Å². The molecule has 0 aliphatic carbocycles. The van der Waals surface area contributed by atoms with Gasteiger partial charge in [-0.25, -0.2) is 4.98 Å². The summed E-state index contributed by atoms with van der Waals surface area (Å²) in [6.45, 7) is 10.2. The third-order valence-electron chi connectivity index (χ3n) is 2.88. The number of anilines is 1. The topological polar surface area (TPSA) is 61.0 Å². The molecule has 0 aliphatic heterocycles. The van der Waals surface area contributed by atoms with Crippen molar-refractivity contribution in [3.8, 4) is 5.88 Å². The number of rotatable bonds is 5. The average molecular weight is 237 g/mol. The van der Waals surface area contributed by atoms with E-state index in [1.165, 1.54) is 0 Å². The first-order valence-electron chi connectivity index (χ1n) is 6.21. The van der Waals surface area contributed by atoms with Gasteiger partial charge in [0, 0.05) is 6.42 Å². The van der Waals surface area contributed by atoms with Gasteiger partial charge >= 0.3 is 0 Å². The zero-order valence-electron chi connectivity index (χ0n) is 11.5. The van der Waals surface area contributed by atoms with Gasteiger partial charge in [0.15, 0.2) is 0 Å². The molecule has 2 N–H and O–H groups in total. The summed E-state index contributed by atoms with van der Waals surface area (Å²) in [6, 6.07) is 0. The number of aromatic nitrogens is 2. The lowest BCUT2D eigenvalue weighted by Crippen LogP contribution is -2.28. The molecular formula is C13H23N3O. The summed E-state index contributed by atoms with van der Waals surface area (Å²) in [5, 5.41) is 0. The van der Waals surface area contributed by atoms with Crippen LogP contribution in [0, 0.1) is 6.92 Å². The van der Waals surface area contributed by atoms with Crippen LogP contribution in [0.4, 0.5) is 5.82 Å². The minimum Gasteiger partial charge on any atom is -0.471 e. The molecule has 0 amide bonds. The number of hydrogen-bond donors (Lipinski definition) is 1. The predicted octanol–water partition coefficient (Wildman–Crippen LogP) is 2.89. The van der Waals surface area contributed by atoms with Gasteiger partial charge < -0.3 is 10.5 Å². The molecule has 0 atom stereocenters. The van der Waals surface area contributed by atoms with Crippen LogP contribution in [-0.2, 0) is 6.42 Å². The molecule has 0 unspecified atom stereocenters. The van der Waals surface area contributed by atoms with Gasteiger partial charge in [-0.2, -0.15) is 4.98 Å². The molecule has 0 spiro atoms. The molecule has 17 heavy (non-hydrogen) atoms. The fourth-order valence-electron chi connectivity index (χ4n) is 1.33. The van der Waals surface area contributed by atoms with Crippen molar-refractivity contribution in [3.05, 3.63) is 11.4 Å². The number of nitrogens with two attached hydrogens (primary N) is 1. The van der Waals surface area contributed by atoms with Gasteiger partial charge in [0.25, 0.3) is 0 Å². The number of hydrogen-bond acceptors (Lipinski definition) is 4. The molecule has 0 aromatic carbocycles. The van der Waals surface area contributed by atoms with Crippen LogP contribution >= 0.6 is 0 Å². The van der Waals surface area contributed by atoms with Crippen molar-refractivity contribution >= 4 is 5.82 Å². The van der Waals surface area contributed by atoms with Crippen molar-refractivity contribution in [2.75, 3.05) is 5.73 Å². The number of ether oxygens (including phenoxy) is 1. The van der Waals surface area contributed by atoms with Gasteiger partial charge in [0.05, 0.1) is 5.56 Å². The first kappa shape index (κ1) is 13.7. The summed E-state index contributed by atoms with van der Waals surface area (Å²) < 4.78 is 5.92. The Hall–Kier alpha value is -1.32. The molecule has 1 aromatic rings. The van der Waals surface area contributed by atoms with Gasteiger partial charge in [0.2, 0.25) is 5.88 Å². The van der Waals surface area contributed by atoms with Gasteiger partial charge in [-0.15, -0.1) is 0 Å². The molecule has 4 nitrogen and oxygen atoms in total. The third-order valence-corrected chi connectivity index (χ3v) is 2.88. The molecule has 1 aromatic heterocycles. The lowest BCUT2D eigenvalue weighted by molar-refractivity contribution is 0.0976. The van der Waals surface area contributed by atoms with E-state index in [-0.39, 0.29) is 5.60 Å².